The lowest BCUT2D eigenvalue weighted by molar-refractivity contribution is 0.0603. The number of rotatable bonds is 7. The number of nitrogens with zero attached hydrogens (tertiary/aromatic N) is 2. The van der Waals surface area contributed by atoms with Crippen LogP contribution in [0.25, 0.3) is 10.9 Å². The molecule has 40 heavy (non-hydrogen) atoms. The molecule has 0 N–H and O–H groups in total. The molecule has 0 amide bonds. The lowest BCUT2D eigenvalue weighted by Crippen LogP contribution is -2.31. The summed E-state index contributed by atoms with van der Waals surface area (Å²) < 4.78 is 35.1. The number of para-hydroxylation sites is 1. The van der Waals surface area contributed by atoms with E-state index in [0.717, 1.165) is 5.56 Å². The molecule has 4 aromatic carbocycles. The van der Waals surface area contributed by atoms with Gasteiger partial charge in [0.05, 0.1) is 35.3 Å². The van der Waals surface area contributed by atoms with E-state index in [-0.39, 0.29) is 17.3 Å². The largest absolute Gasteiger partial charge is 0.465 e. The van der Waals surface area contributed by atoms with Gasteiger partial charge >= 0.3 is 5.97 Å². The number of carbonyl (C=O) groups excluding carboxylic acids is 2. The molecule has 7 nitrogen and oxygen atoms in total. The standard InChI is InChI=1S/C31H25ClN2O5S/c1-21-12-17-24(32)18-29(21)34(40(37,38)25-8-4-3-5-9-25)19-22-13-15-23(16-14-22)30(35)33-20-27(31(36)39-2)26-10-6-7-11-28(26)33/h3-18,20H,19H2,1-2H3. The number of halogens is 1. The number of aryl methyl sites for hydroxylation is 1. The molecule has 0 aliphatic rings. The highest BCUT2D eigenvalue weighted by Gasteiger charge is 2.27. The van der Waals surface area contributed by atoms with Crippen molar-refractivity contribution in [1.29, 1.82) is 0 Å². The SMILES string of the molecule is COC(=O)c1cn(C(=O)c2ccc(CN(c3cc(Cl)ccc3C)S(=O)(=O)c3ccccc3)cc2)c2ccccc12. The van der Waals surface area contributed by atoms with Crippen LogP contribution < -0.4 is 4.31 Å². The number of methoxy groups -OCH3 is 1. The minimum absolute atomic E-state index is 0.0197. The summed E-state index contributed by atoms with van der Waals surface area (Å²) in [5, 5.41) is 1.03. The van der Waals surface area contributed by atoms with Crippen molar-refractivity contribution in [3.05, 3.63) is 131 Å². The van der Waals surface area contributed by atoms with E-state index >= 15 is 0 Å². The number of hydrogen-bond acceptors (Lipinski definition) is 5. The van der Waals surface area contributed by atoms with Gasteiger partial charge in [0, 0.05) is 22.2 Å². The Bertz CT molecular complexity index is 1830. The van der Waals surface area contributed by atoms with Crippen LogP contribution in [0.3, 0.4) is 0 Å². The Morgan fingerprint density at radius 3 is 2.27 bits per heavy atom. The zero-order valence-corrected chi connectivity index (χ0v) is 23.3. The van der Waals surface area contributed by atoms with Gasteiger partial charge in [0.1, 0.15) is 0 Å². The fourth-order valence-corrected chi connectivity index (χ4v) is 6.25. The Hall–Kier alpha value is -4.40. The Balaban J connectivity index is 1.50. The highest BCUT2D eigenvalue weighted by molar-refractivity contribution is 7.92. The van der Waals surface area contributed by atoms with Gasteiger partial charge in [-0.15, -0.1) is 0 Å². The monoisotopic (exact) mass is 572 g/mol. The van der Waals surface area contributed by atoms with Gasteiger partial charge in [-0.05, 0) is 60.5 Å². The summed E-state index contributed by atoms with van der Waals surface area (Å²) in [6.07, 6.45) is 1.48. The number of benzene rings is 4. The molecule has 0 fully saturated rings. The molecule has 0 saturated carbocycles. The van der Waals surface area contributed by atoms with Crippen LogP contribution in [0.5, 0.6) is 0 Å². The van der Waals surface area contributed by atoms with Gasteiger partial charge in [0.15, 0.2) is 0 Å². The predicted octanol–water partition coefficient (Wildman–Crippen LogP) is 6.47. The van der Waals surface area contributed by atoms with Crippen molar-refractivity contribution >= 4 is 50.1 Å². The molecule has 0 radical (unpaired) electrons. The van der Waals surface area contributed by atoms with Crippen LogP contribution in [-0.2, 0) is 21.3 Å². The smallest absolute Gasteiger partial charge is 0.340 e. The first-order valence-corrected chi connectivity index (χ1v) is 14.2. The second kappa shape index (κ2) is 11.0. The highest BCUT2D eigenvalue weighted by atomic mass is 35.5. The Morgan fingerprint density at radius 1 is 0.900 bits per heavy atom. The lowest BCUT2D eigenvalue weighted by Gasteiger charge is -2.26. The molecule has 0 bridgehead atoms. The fourth-order valence-electron chi connectivity index (χ4n) is 4.55. The lowest BCUT2D eigenvalue weighted by atomic mass is 10.1. The van der Waals surface area contributed by atoms with E-state index in [4.69, 9.17) is 16.3 Å². The summed E-state index contributed by atoms with van der Waals surface area (Å²) in [7, 11) is -2.64. The van der Waals surface area contributed by atoms with Crippen LogP contribution in [0.1, 0.15) is 31.8 Å². The minimum atomic E-state index is -3.93. The molecule has 9 heteroatoms. The van der Waals surface area contributed by atoms with Gasteiger partial charge < -0.3 is 4.74 Å². The second-order valence-corrected chi connectivity index (χ2v) is 11.5. The number of carbonyl (C=O) groups is 2. The van der Waals surface area contributed by atoms with E-state index in [0.29, 0.717) is 38.3 Å². The maximum absolute atomic E-state index is 13.8. The molecule has 5 rings (SSSR count). The van der Waals surface area contributed by atoms with Crippen LogP contribution in [0, 0.1) is 6.92 Å². The van der Waals surface area contributed by atoms with E-state index in [1.165, 1.54) is 22.2 Å². The summed E-state index contributed by atoms with van der Waals surface area (Å²) in [6, 6.07) is 27.1. The topological polar surface area (TPSA) is 85.7 Å². The van der Waals surface area contributed by atoms with E-state index < -0.39 is 16.0 Å². The van der Waals surface area contributed by atoms with Crippen LogP contribution in [0.4, 0.5) is 5.69 Å². The van der Waals surface area contributed by atoms with Crippen molar-refractivity contribution < 1.29 is 22.7 Å². The minimum Gasteiger partial charge on any atom is -0.465 e. The van der Waals surface area contributed by atoms with Crippen LogP contribution >= 0.6 is 11.6 Å². The van der Waals surface area contributed by atoms with Gasteiger partial charge in [-0.25, -0.2) is 13.2 Å². The summed E-state index contributed by atoms with van der Waals surface area (Å²) in [4.78, 5) is 25.9. The van der Waals surface area contributed by atoms with Gasteiger partial charge in [-0.1, -0.05) is 66.2 Å². The quantitative estimate of drug-likeness (QED) is 0.209. The Labute approximate surface area is 237 Å². The molecule has 0 aliphatic heterocycles. The molecule has 0 atom stereocenters. The number of fused-ring (bicyclic) bond motifs is 1. The van der Waals surface area contributed by atoms with Crippen molar-refractivity contribution in [3.8, 4) is 0 Å². The number of aromatic nitrogens is 1. The Morgan fingerprint density at radius 2 is 1.57 bits per heavy atom. The first-order valence-electron chi connectivity index (χ1n) is 12.4. The number of anilines is 1. The van der Waals surface area contributed by atoms with Crippen molar-refractivity contribution in [2.75, 3.05) is 11.4 Å². The second-order valence-electron chi connectivity index (χ2n) is 9.18. The van der Waals surface area contributed by atoms with Crippen molar-refractivity contribution in [3.63, 3.8) is 0 Å². The summed E-state index contributed by atoms with van der Waals surface area (Å²) in [5.41, 5.74) is 3.12. The third-order valence-corrected chi connectivity index (χ3v) is 8.64. The first-order chi connectivity index (χ1) is 19.2. The molecule has 0 saturated heterocycles. The molecule has 202 valence electrons. The predicted molar refractivity (Wildman–Crippen MR) is 155 cm³/mol. The van der Waals surface area contributed by atoms with E-state index in [9.17, 15) is 18.0 Å². The zero-order valence-electron chi connectivity index (χ0n) is 21.7. The van der Waals surface area contributed by atoms with Gasteiger partial charge in [0.25, 0.3) is 15.9 Å². The average Bonchev–Trinajstić information content (AvgIpc) is 3.37. The normalized spacial score (nSPS) is 11.4. The molecule has 1 heterocycles. The fraction of sp³-hybridized carbons (Fsp3) is 0.0968. The van der Waals surface area contributed by atoms with E-state index in [2.05, 4.69) is 0 Å². The van der Waals surface area contributed by atoms with Crippen LogP contribution in [-0.4, -0.2) is 32.0 Å². The molecular weight excluding hydrogens is 548 g/mol. The van der Waals surface area contributed by atoms with Gasteiger partial charge in [-0.2, -0.15) is 0 Å². The van der Waals surface area contributed by atoms with Crippen molar-refractivity contribution in [2.24, 2.45) is 0 Å². The number of hydrogen-bond donors (Lipinski definition) is 0. The van der Waals surface area contributed by atoms with E-state index in [1.807, 2.05) is 6.92 Å². The van der Waals surface area contributed by atoms with Crippen molar-refractivity contribution in [2.45, 2.75) is 18.4 Å². The zero-order chi connectivity index (χ0) is 28.4. The van der Waals surface area contributed by atoms with Crippen LogP contribution in [0.15, 0.2) is 108 Å². The maximum Gasteiger partial charge on any atom is 0.340 e. The molecule has 0 aliphatic carbocycles. The molecule has 5 aromatic rings. The van der Waals surface area contributed by atoms with Crippen LogP contribution in [0.2, 0.25) is 5.02 Å². The van der Waals surface area contributed by atoms with Crippen molar-refractivity contribution in [1.82, 2.24) is 4.57 Å². The summed E-state index contributed by atoms with van der Waals surface area (Å²) in [5.74, 6) is -0.869. The van der Waals surface area contributed by atoms with Gasteiger partial charge in [-0.3, -0.25) is 13.7 Å². The third kappa shape index (κ3) is 5.11. The highest BCUT2D eigenvalue weighted by Crippen LogP contribution is 2.31. The third-order valence-electron chi connectivity index (χ3n) is 6.63. The summed E-state index contributed by atoms with van der Waals surface area (Å²) >= 11 is 6.26. The summed E-state index contributed by atoms with van der Waals surface area (Å²) in [6.45, 7) is 1.84. The maximum atomic E-state index is 13.8. The number of esters is 1. The molecule has 0 spiro atoms. The molecule has 0 unspecified atom stereocenters. The first kappa shape index (κ1) is 27.2. The number of ether oxygens (including phenoxy) is 1. The molecule has 1 aromatic heterocycles. The Kier molecular flexibility index (Phi) is 7.47. The molecular formula is C31H25ClN2O5S. The van der Waals surface area contributed by atoms with Gasteiger partial charge in [0.2, 0.25) is 0 Å². The van der Waals surface area contributed by atoms with E-state index in [1.54, 1.807) is 97.1 Å². The average molecular weight is 573 g/mol. The number of sulfonamides is 1.